The van der Waals surface area contributed by atoms with Gasteiger partial charge in [-0.2, -0.15) is 0 Å². The second-order valence-corrected chi connectivity index (χ2v) is 4.58. The highest BCUT2D eigenvalue weighted by Crippen LogP contribution is 2.12. The molecule has 0 aliphatic heterocycles. The smallest absolute Gasteiger partial charge is 0.371 e. The van der Waals surface area contributed by atoms with Crippen LogP contribution in [-0.4, -0.2) is 48.0 Å². The van der Waals surface area contributed by atoms with E-state index in [-0.39, 0.29) is 16.6 Å². The number of hydrogen-bond acceptors (Lipinski definition) is 5. The zero-order valence-corrected chi connectivity index (χ0v) is 10.2. The molecular formula is C10H14O6S. The quantitative estimate of drug-likeness (QED) is 0.696. The molecule has 0 aliphatic rings. The molecule has 1 rings (SSSR count). The molecule has 0 amide bonds. The number of methoxy groups -OCH3 is 1. The van der Waals surface area contributed by atoms with E-state index in [0.29, 0.717) is 19.8 Å². The highest BCUT2D eigenvalue weighted by atomic mass is 32.2. The number of rotatable bonds is 8. The third-order valence-electron chi connectivity index (χ3n) is 1.86. The largest absolute Gasteiger partial charge is 0.475 e. The fourth-order valence-corrected chi connectivity index (χ4v) is 1.91. The van der Waals surface area contributed by atoms with Crippen LogP contribution in [0.25, 0.3) is 0 Å². The molecule has 0 spiro atoms. The first kappa shape index (κ1) is 13.9. The van der Waals surface area contributed by atoms with Crippen LogP contribution in [0.1, 0.15) is 10.6 Å². The number of aromatic carboxylic acids is 1. The van der Waals surface area contributed by atoms with Crippen molar-refractivity contribution < 1.29 is 28.0 Å². The molecule has 1 unspecified atom stereocenters. The molecule has 6 nitrogen and oxygen atoms in total. The highest BCUT2D eigenvalue weighted by molar-refractivity contribution is 7.84. The predicted octanol–water partition coefficient (Wildman–Crippen LogP) is 0.748. The zero-order valence-electron chi connectivity index (χ0n) is 9.38. The van der Waals surface area contributed by atoms with Crippen LogP contribution in [0.3, 0.4) is 0 Å². The lowest BCUT2D eigenvalue weighted by Crippen LogP contribution is -2.09. The lowest BCUT2D eigenvalue weighted by molar-refractivity contribution is 0.0656. The Hall–Kier alpha value is -1.18. The first-order valence-electron chi connectivity index (χ1n) is 4.93. The average Bonchev–Trinajstić information content (AvgIpc) is 2.78. The van der Waals surface area contributed by atoms with E-state index >= 15 is 0 Å². The molecule has 0 fully saturated rings. The molecule has 7 heteroatoms. The SMILES string of the molecule is COCCOCCS(=O)c1ccc(C(=O)O)o1. The fraction of sp³-hybridized carbons (Fsp3) is 0.500. The first-order valence-corrected chi connectivity index (χ1v) is 6.25. The molecule has 0 radical (unpaired) electrons. The molecule has 1 aromatic heterocycles. The number of furan rings is 1. The Kier molecular flexibility index (Phi) is 5.88. The summed E-state index contributed by atoms with van der Waals surface area (Å²) in [6.45, 7) is 1.22. The molecule has 0 aromatic carbocycles. The van der Waals surface area contributed by atoms with Gasteiger partial charge in [-0.1, -0.05) is 0 Å². The topological polar surface area (TPSA) is 86.0 Å². The molecule has 1 aromatic rings. The number of carboxylic acid groups (broad SMARTS) is 1. The van der Waals surface area contributed by atoms with Crippen molar-refractivity contribution >= 4 is 16.8 Å². The van der Waals surface area contributed by atoms with Gasteiger partial charge in [-0.15, -0.1) is 0 Å². The maximum atomic E-state index is 11.6. The first-order chi connectivity index (χ1) is 8.15. The number of hydrogen-bond donors (Lipinski definition) is 1. The molecule has 0 bridgehead atoms. The molecular weight excluding hydrogens is 248 g/mol. The molecule has 1 N–H and O–H groups in total. The van der Waals surface area contributed by atoms with Gasteiger partial charge in [0, 0.05) is 7.11 Å². The van der Waals surface area contributed by atoms with Crippen molar-refractivity contribution in [3.05, 3.63) is 17.9 Å². The molecule has 1 heterocycles. The van der Waals surface area contributed by atoms with E-state index in [1.54, 1.807) is 7.11 Å². The minimum Gasteiger partial charge on any atom is -0.475 e. The molecule has 0 saturated carbocycles. The van der Waals surface area contributed by atoms with Gasteiger partial charge in [0.1, 0.15) is 0 Å². The fourth-order valence-electron chi connectivity index (χ4n) is 1.04. The van der Waals surface area contributed by atoms with E-state index in [1.807, 2.05) is 0 Å². The van der Waals surface area contributed by atoms with Gasteiger partial charge in [0.15, 0.2) is 5.09 Å². The van der Waals surface area contributed by atoms with Crippen LogP contribution in [0.15, 0.2) is 21.6 Å². The van der Waals surface area contributed by atoms with Gasteiger partial charge >= 0.3 is 5.97 Å². The Bertz CT molecular complexity index is 386. The third kappa shape index (κ3) is 4.68. The number of carbonyl (C=O) groups is 1. The third-order valence-corrected chi connectivity index (χ3v) is 3.07. The molecule has 17 heavy (non-hydrogen) atoms. The second-order valence-electron chi connectivity index (χ2n) is 3.08. The summed E-state index contributed by atoms with van der Waals surface area (Å²) in [5.41, 5.74) is 0. The van der Waals surface area contributed by atoms with Crippen LogP contribution in [0, 0.1) is 0 Å². The summed E-state index contributed by atoms with van der Waals surface area (Å²) in [7, 11) is 0.187. The van der Waals surface area contributed by atoms with Crippen molar-refractivity contribution in [2.24, 2.45) is 0 Å². The maximum absolute atomic E-state index is 11.6. The second kappa shape index (κ2) is 7.21. The summed E-state index contributed by atoms with van der Waals surface area (Å²) in [6.07, 6.45) is 0. The normalized spacial score (nSPS) is 12.5. The van der Waals surface area contributed by atoms with Crippen LogP contribution in [0.5, 0.6) is 0 Å². The summed E-state index contributed by atoms with van der Waals surface area (Å²) in [4.78, 5) is 10.5. The average molecular weight is 262 g/mol. The summed E-state index contributed by atoms with van der Waals surface area (Å²) in [5.74, 6) is -1.13. The van der Waals surface area contributed by atoms with E-state index < -0.39 is 16.8 Å². The van der Waals surface area contributed by atoms with E-state index in [2.05, 4.69) is 0 Å². The minimum atomic E-state index is -1.38. The van der Waals surface area contributed by atoms with Gasteiger partial charge in [0.25, 0.3) is 0 Å². The monoisotopic (exact) mass is 262 g/mol. The summed E-state index contributed by atoms with van der Waals surface area (Å²) >= 11 is 0. The summed E-state index contributed by atoms with van der Waals surface area (Å²) in [6, 6.07) is 2.68. The van der Waals surface area contributed by atoms with Crippen molar-refractivity contribution in [2.75, 3.05) is 32.7 Å². The predicted molar refractivity (Wildman–Crippen MR) is 59.6 cm³/mol. The Morgan fingerprint density at radius 2 is 2.18 bits per heavy atom. The van der Waals surface area contributed by atoms with Gasteiger partial charge in [-0.3, -0.25) is 4.21 Å². The van der Waals surface area contributed by atoms with Crippen LogP contribution in [0.2, 0.25) is 0 Å². The van der Waals surface area contributed by atoms with E-state index in [0.717, 1.165) is 0 Å². The Morgan fingerprint density at radius 1 is 1.41 bits per heavy atom. The Balaban J connectivity index is 2.34. The van der Waals surface area contributed by atoms with Crippen LogP contribution >= 0.6 is 0 Å². The molecule has 0 saturated heterocycles. The van der Waals surface area contributed by atoms with Gasteiger partial charge in [-0.25, -0.2) is 4.79 Å². The van der Waals surface area contributed by atoms with Crippen molar-refractivity contribution in [3.63, 3.8) is 0 Å². The lowest BCUT2D eigenvalue weighted by Gasteiger charge is -2.02. The number of ether oxygens (including phenoxy) is 2. The number of carboxylic acids is 1. The maximum Gasteiger partial charge on any atom is 0.371 e. The van der Waals surface area contributed by atoms with Gasteiger partial charge in [0.05, 0.1) is 36.4 Å². The van der Waals surface area contributed by atoms with Crippen molar-refractivity contribution in [1.29, 1.82) is 0 Å². The standard InChI is InChI=1S/C10H14O6S/c1-14-4-5-15-6-7-17(13)9-3-2-8(16-9)10(11)12/h2-3H,4-7H2,1H3,(H,11,12). The van der Waals surface area contributed by atoms with Crippen LogP contribution < -0.4 is 0 Å². The van der Waals surface area contributed by atoms with Crippen LogP contribution in [0.4, 0.5) is 0 Å². The van der Waals surface area contributed by atoms with E-state index in [9.17, 15) is 9.00 Å². The summed E-state index contributed by atoms with van der Waals surface area (Å²) < 4.78 is 26.5. The van der Waals surface area contributed by atoms with E-state index in [4.69, 9.17) is 19.0 Å². The van der Waals surface area contributed by atoms with E-state index in [1.165, 1.54) is 12.1 Å². The molecule has 96 valence electrons. The van der Waals surface area contributed by atoms with Crippen LogP contribution in [-0.2, 0) is 20.3 Å². The lowest BCUT2D eigenvalue weighted by atomic mass is 10.5. The zero-order chi connectivity index (χ0) is 12.7. The van der Waals surface area contributed by atoms with Gasteiger partial charge in [0.2, 0.25) is 5.76 Å². The Labute approximate surface area is 101 Å². The molecule has 1 atom stereocenters. The summed E-state index contributed by atoms with van der Waals surface area (Å²) in [5, 5.41) is 8.77. The Morgan fingerprint density at radius 3 is 2.76 bits per heavy atom. The minimum absolute atomic E-state index is 0.151. The highest BCUT2D eigenvalue weighted by Gasteiger charge is 2.13. The van der Waals surface area contributed by atoms with Crippen molar-refractivity contribution in [1.82, 2.24) is 0 Å². The molecule has 0 aliphatic carbocycles. The van der Waals surface area contributed by atoms with Gasteiger partial charge < -0.3 is 19.0 Å². The van der Waals surface area contributed by atoms with Crippen molar-refractivity contribution in [2.45, 2.75) is 5.09 Å². The van der Waals surface area contributed by atoms with Crippen molar-refractivity contribution in [3.8, 4) is 0 Å². The van der Waals surface area contributed by atoms with Gasteiger partial charge in [-0.05, 0) is 12.1 Å².